The molecule has 0 fully saturated rings. The fraction of sp³-hybridized carbons (Fsp3) is 0.312. The summed E-state index contributed by atoms with van der Waals surface area (Å²) in [5.41, 5.74) is 0.275. The van der Waals surface area contributed by atoms with E-state index in [0.29, 0.717) is 18.8 Å². The molecule has 0 aliphatic carbocycles. The number of rotatable bonds is 8. The summed E-state index contributed by atoms with van der Waals surface area (Å²) >= 11 is 0. The zero-order valence-corrected chi connectivity index (χ0v) is 14.5. The predicted octanol–water partition coefficient (Wildman–Crippen LogP) is 1.05. The van der Waals surface area contributed by atoms with Crippen molar-refractivity contribution in [2.75, 3.05) is 27.2 Å². The summed E-state index contributed by atoms with van der Waals surface area (Å²) in [6.45, 7) is 1.12. The molecular formula is C16H21N3O4S. The van der Waals surface area contributed by atoms with Crippen molar-refractivity contribution in [3.05, 3.63) is 54.0 Å². The maximum Gasteiger partial charge on any atom is 0.251 e. The van der Waals surface area contributed by atoms with Crippen LogP contribution >= 0.6 is 0 Å². The number of sulfonamides is 1. The van der Waals surface area contributed by atoms with Crippen LogP contribution in [0.25, 0.3) is 0 Å². The van der Waals surface area contributed by atoms with Crippen LogP contribution in [0.3, 0.4) is 0 Å². The number of furan rings is 1. The second-order valence-electron chi connectivity index (χ2n) is 5.49. The standard InChI is InChI=1S/C16H21N3O4S/c1-19(2)9-8-18-24(21,22)15-7-3-5-13(11-15)16(20)17-12-14-6-4-10-23-14/h3-7,10-11,18H,8-9,12H2,1-2H3,(H,17,20). The number of nitrogens with zero attached hydrogens (tertiary/aromatic N) is 1. The topological polar surface area (TPSA) is 91.7 Å². The fourth-order valence-electron chi connectivity index (χ4n) is 1.97. The molecule has 0 bridgehead atoms. The Morgan fingerprint density at radius 3 is 2.67 bits per heavy atom. The van der Waals surface area contributed by atoms with Gasteiger partial charge in [-0.05, 0) is 44.4 Å². The number of likely N-dealkylation sites (N-methyl/N-ethyl adjacent to an activating group) is 1. The van der Waals surface area contributed by atoms with E-state index >= 15 is 0 Å². The predicted molar refractivity (Wildman–Crippen MR) is 90.1 cm³/mol. The normalized spacial score (nSPS) is 11.6. The van der Waals surface area contributed by atoms with Crippen LogP contribution in [0.5, 0.6) is 0 Å². The minimum Gasteiger partial charge on any atom is -0.467 e. The Morgan fingerprint density at radius 2 is 2.00 bits per heavy atom. The summed E-state index contributed by atoms with van der Waals surface area (Å²) in [5.74, 6) is 0.259. The zero-order valence-electron chi connectivity index (χ0n) is 13.7. The molecule has 24 heavy (non-hydrogen) atoms. The molecule has 2 aromatic rings. The van der Waals surface area contributed by atoms with Crippen LogP contribution in [-0.2, 0) is 16.6 Å². The molecule has 2 N–H and O–H groups in total. The number of carbonyl (C=O) groups excluding carboxylic acids is 1. The third-order valence-corrected chi connectivity index (χ3v) is 4.72. The van der Waals surface area contributed by atoms with Crippen molar-refractivity contribution in [2.24, 2.45) is 0 Å². The van der Waals surface area contributed by atoms with Crippen LogP contribution in [0.4, 0.5) is 0 Å². The lowest BCUT2D eigenvalue weighted by molar-refractivity contribution is 0.0948. The first kappa shape index (κ1) is 18.2. The summed E-state index contributed by atoms with van der Waals surface area (Å²) in [4.78, 5) is 14.1. The van der Waals surface area contributed by atoms with Crippen molar-refractivity contribution in [1.29, 1.82) is 0 Å². The highest BCUT2D eigenvalue weighted by molar-refractivity contribution is 7.89. The van der Waals surface area contributed by atoms with Gasteiger partial charge in [0.05, 0.1) is 17.7 Å². The molecular weight excluding hydrogens is 330 g/mol. The van der Waals surface area contributed by atoms with E-state index < -0.39 is 10.0 Å². The Balaban J connectivity index is 2.03. The van der Waals surface area contributed by atoms with Crippen LogP contribution in [-0.4, -0.2) is 46.4 Å². The molecule has 8 heteroatoms. The summed E-state index contributed by atoms with van der Waals surface area (Å²) < 4.78 is 32.2. The van der Waals surface area contributed by atoms with E-state index in [1.165, 1.54) is 18.4 Å². The van der Waals surface area contributed by atoms with Crippen molar-refractivity contribution < 1.29 is 17.6 Å². The molecule has 2 rings (SSSR count). The average Bonchev–Trinajstić information content (AvgIpc) is 3.05. The van der Waals surface area contributed by atoms with Crippen molar-refractivity contribution in [3.63, 3.8) is 0 Å². The van der Waals surface area contributed by atoms with Gasteiger partial charge in [-0.25, -0.2) is 13.1 Å². The number of hydrogen-bond acceptors (Lipinski definition) is 5. The highest BCUT2D eigenvalue weighted by Gasteiger charge is 2.16. The van der Waals surface area contributed by atoms with Crippen LogP contribution in [0.2, 0.25) is 0 Å². The fourth-order valence-corrected chi connectivity index (χ4v) is 3.04. The lowest BCUT2D eigenvalue weighted by Gasteiger charge is -2.11. The first-order chi connectivity index (χ1) is 11.4. The van der Waals surface area contributed by atoms with Gasteiger partial charge in [-0.1, -0.05) is 6.07 Å². The quantitative estimate of drug-likeness (QED) is 0.742. The first-order valence-electron chi connectivity index (χ1n) is 7.43. The highest BCUT2D eigenvalue weighted by atomic mass is 32.2. The van der Waals surface area contributed by atoms with Crippen LogP contribution < -0.4 is 10.0 Å². The van der Waals surface area contributed by atoms with Gasteiger partial charge in [0, 0.05) is 18.7 Å². The van der Waals surface area contributed by atoms with E-state index in [9.17, 15) is 13.2 Å². The van der Waals surface area contributed by atoms with Gasteiger partial charge < -0.3 is 14.6 Å². The minimum atomic E-state index is -3.65. The van der Waals surface area contributed by atoms with E-state index in [1.807, 2.05) is 19.0 Å². The Bertz CT molecular complexity index is 770. The number of hydrogen-bond donors (Lipinski definition) is 2. The molecule has 0 aliphatic rings. The number of benzene rings is 1. The SMILES string of the molecule is CN(C)CCNS(=O)(=O)c1cccc(C(=O)NCc2ccco2)c1. The second kappa shape index (κ2) is 8.09. The summed E-state index contributed by atoms with van der Waals surface area (Å²) in [6, 6.07) is 9.40. The van der Waals surface area contributed by atoms with Crippen molar-refractivity contribution in [3.8, 4) is 0 Å². The maximum atomic E-state index is 12.3. The van der Waals surface area contributed by atoms with E-state index in [4.69, 9.17) is 4.42 Å². The molecule has 0 unspecified atom stereocenters. The van der Waals surface area contributed by atoms with Gasteiger partial charge in [-0.2, -0.15) is 0 Å². The molecule has 1 heterocycles. The molecule has 0 radical (unpaired) electrons. The molecule has 130 valence electrons. The largest absolute Gasteiger partial charge is 0.467 e. The zero-order chi connectivity index (χ0) is 17.6. The Labute approximate surface area is 141 Å². The molecule has 7 nitrogen and oxygen atoms in total. The third-order valence-electron chi connectivity index (χ3n) is 3.26. The Kier molecular flexibility index (Phi) is 6.13. The number of carbonyl (C=O) groups is 1. The molecule has 0 aliphatic heterocycles. The second-order valence-corrected chi connectivity index (χ2v) is 7.26. The third kappa shape index (κ3) is 5.19. The monoisotopic (exact) mass is 351 g/mol. The van der Waals surface area contributed by atoms with Gasteiger partial charge in [-0.3, -0.25) is 4.79 Å². The molecule has 1 aromatic heterocycles. The van der Waals surface area contributed by atoms with Crippen molar-refractivity contribution in [1.82, 2.24) is 14.9 Å². The van der Waals surface area contributed by atoms with Gasteiger partial charge >= 0.3 is 0 Å². The van der Waals surface area contributed by atoms with Crippen LogP contribution in [0.1, 0.15) is 16.1 Å². The lowest BCUT2D eigenvalue weighted by atomic mass is 10.2. The van der Waals surface area contributed by atoms with Crippen LogP contribution in [0, 0.1) is 0 Å². The van der Waals surface area contributed by atoms with Gasteiger partial charge in [0.15, 0.2) is 0 Å². The molecule has 0 spiro atoms. The number of amides is 1. The molecule has 0 saturated carbocycles. The first-order valence-corrected chi connectivity index (χ1v) is 8.92. The highest BCUT2D eigenvalue weighted by Crippen LogP contribution is 2.12. The van der Waals surface area contributed by atoms with Crippen LogP contribution in [0.15, 0.2) is 52.0 Å². The smallest absolute Gasteiger partial charge is 0.251 e. The summed E-state index contributed by atoms with van der Waals surface area (Å²) in [6.07, 6.45) is 1.52. The van der Waals surface area contributed by atoms with Gasteiger partial charge in [-0.15, -0.1) is 0 Å². The van der Waals surface area contributed by atoms with Gasteiger partial charge in [0.2, 0.25) is 10.0 Å². The molecule has 1 aromatic carbocycles. The molecule has 0 saturated heterocycles. The Morgan fingerprint density at radius 1 is 1.21 bits per heavy atom. The van der Waals surface area contributed by atoms with Gasteiger partial charge in [0.25, 0.3) is 5.91 Å². The maximum absolute atomic E-state index is 12.3. The molecule has 0 atom stereocenters. The van der Waals surface area contributed by atoms with E-state index in [-0.39, 0.29) is 22.9 Å². The van der Waals surface area contributed by atoms with Crippen molar-refractivity contribution in [2.45, 2.75) is 11.4 Å². The van der Waals surface area contributed by atoms with E-state index in [1.54, 1.807) is 24.3 Å². The van der Waals surface area contributed by atoms with E-state index in [2.05, 4.69) is 10.0 Å². The lowest BCUT2D eigenvalue weighted by Crippen LogP contribution is -2.31. The average molecular weight is 351 g/mol. The number of nitrogens with one attached hydrogen (secondary N) is 2. The molecule has 1 amide bonds. The summed E-state index contributed by atoms with van der Waals surface area (Å²) in [5, 5.41) is 2.68. The van der Waals surface area contributed by atoms with Crippen molar-refractivity contribution >= 4 is 15.9 Å². The summed E-state index contributed by atoms with van der Waals surface area (Å²) in [7, 11) is 0.0735. The van der Waals surface area contributed by atoms with E-state index in [0.717, 1.165) is 0 Å². The Hall–Kier alpha value is -2.16. The minimum absolute atomic E-state index is 0.0619. The van der Waals surface area contributed by atoms with Gasteiger partial charge in [0.1, 0.15) is 5.76 Å².